The number of hydrogen-bond donors (Lipinski definition) is 2. The van der Waals surface area contributed by atoms with Gasteiger partial charge < -0.3 is 15.2 Å². The number of para-hydroxylation sites is 2. The predicted octanol–water partition coefficient (Wildman–Crippen LogP) is 2.91. The van der Waals surface area contributed by atoms with Gasteiger partial charge in [-0.15, -0.1) is 11.3 Å². The minimum absolute atomic E-state index is 0.731. The van der Waals surface area contributed by atoms with Crippen LogP contribution in [-0.4, -0.2) is 40.1 Å². The Hall–Kier alpha value is -2.41. The molecule has 0 atom stereocenters. The van der Waals surface area contributed by atoms with Crippen molar-refractivity contribution in [2.24, 2.45) is 4.99 Å². The molecule has 2 N–H and O–H groups in total. The standard InChI is InChI=1S/C19H26N6S/c1-4-20-19(21-10-9-18-23-13-14(2)26-18)22-11-12-25-15(3)24-16-7-5-6-8-17(16)25/h5-8,13H,4,9-12H2,1-3H3,(H2,20,21,22). The topological polar surface area (TPSA) is 67.1 Å². The van der Waals surface area contributed by atoms with E-state index in [1.165, 1.54) is 10.4 Å². The summed E-state index contributed by atoms with van der Waals surface area (Å²) in [5.74, 6) is 1.89. The van der Waals surface area contributed by atoms with Gasteiger partial charge in [0.25, 0.3) is 0 Å². The van der Waals surface area contributed by atoms with Gasteiger partial charge in [0.05, 0.1) is 16.0 Å². The highest BCUT2D eigenvalue weighted by molar-refractivity contribution is 7.11. The van der Waals surface area contributed by atoms with Crippen molar-refractivity contribution in [3.8, 4) is 0 Å². The molecule has 1 aromatic carbocycles. The summed E-state index contributed by atoms with van der Waals surface area (Å²) >= 11 is 1.74. The van der Waals surface area contributed by atoms with Crippen molar-refractivity contribution in [3.63, 3.8) is 0 Å². The van der Waals surface area contributed by atoms with E-state index in [1.807, 2.05) is 12.3 Å². The van der Waals surface area contributed by atoms with Crippen LogP contribution in [0.1, 0.15) is 22.6 Å². The van der Waals surface area contributed by atoms with Crippen LogP contribution in [0.5, 0.6) is 0 Å². The summed E-state index contributed by atoms with van der Waals surface area (Å²) in [4.78, 5) is 14.9. The Bertz CT molecular complexity index is 879. The average Bonchev–Trinajstić information content (AvgIpc) is 3.18. The summed E-state index contributed by atoms with van der Waals surface area (Å²) in [5.41, 5.74) is 2.22. The van der Waals surface area contributed by atoms with Gasteiger partial charge in [0.1, 0.15) is 5.82 Å². The Labute approximate surface area is 158 Å². The van der Waals surface area contributed by atoms with Gasteiger partial charge in [-0.2, -0.15) is 0 Å². The van der Waals surface area contributed by atoms with Crippen LogP contribution in [0.3, 0.4) is 0 Å². The van der Waals surface area contributed by atoms with Gasteiger partial charge in [0.2, 0.25) is 0 Å². The second kappa shape index (κ2) is 8.80. The van der Waals surface area contributed by atoms with Gasteiger partial charge in [-0.3, -0.25) is 4.99 Å². The summed E-state index contributed by atoms with van der Waals surface area (Å²) < 4.78 is 2.24. The van der Waals surface area contributed by atoms with Crippen molar-refractivity contribution in [1.29, 1.82) is 0 Å². The lowest BCUT2D eigenvalue weighted by Gasteiger charge is -2.12. The van der Waals surface area contributed by atoms with Crippen LogP contribution in [0.4, 0.5) is 0 Å². The molecule has 0 aliphatic heterocycles. The number of aryl methyl sites for hydroxylation is 2. The molecule has 3 aromatic rings. The lowest BCUT2D eigenvalue weighted by atomic mass is 10.3. The lowest BCUT2D eigenvalue weighted by molar-refractivity contribution is 0.660. The maximum atomic E-state index is 4.66. The maximum absolute atomic E-state index is 4.66. The first-order valence-corrected chi connectivity index (χ1v) is 9.84. The first kappa shape index (κ1) is 18.4. The number of nitrogens with one attached hydrogen (secondary N) is 2. The molecule has 0 unspecified atom stereocenters. The van der Waals surface area contributed by atoms with Crippen LogP contribution in [0.25, 0.3) is 11.0 Å². The third kappa shape index (κ3) is 4.60. The predicted molar refractivity (Wildman–Crippen MR) is 109 cm³/mol. The van der Waals surface area contributed by atoms with Gasteiger partial charge >= 0.3 is 0 Å². The van der Waals surface area contributed by atoms with E-state index in [1.54, 1.807) is 11.3 Å². The van der Waals surface area contributed by atoms with Gasteiger partial charge in [-0.25, -0.2) is 9.97 Å². The van der Waals surface area contributed by atoms with E-state index in [0.29, 0.717) is 0 Å². The van der Waals surface area contributed by atoms with E-state index in [-0.39, 0.29) is 0 Å². The maximum Gasteiger partial charge on any atom is 0.191 e. The number of imidazole rings is 1. The number of guanidine groups is 1. The van der Waals surface area contributed by atoms with Gasteiger partial charge in [-0.1, -0.05) is 12.1 Å². The lowest BCUT2D eigenvalue weighted by Crippen LogP contribution is -2.39. The Balaban J connectivity index is 1.56. The van der Waals surface area contributed by atoms with Gasteiger partial charge in [0, 0.05) is 43.7 Å². The van der Waals surface area contributed by atoms with E-state index >= 15 is 0 Å². The molecule has 0 radical (unpaired) electrons. The molecule has 6 nitrogen and oxygen atoms in total. The zero-order chi connectivity index (χ0) is 18.4. The Kier molecular flexibility index (Phi) is 6.22. The third-order valence-corrected chi connectivity index (χ3v) is 5.05. The van der Waals surface area contributed by atoms with Crippen LogP contribution in [0, 0.1) is 13.8 Å². The number of rotatable bonds is 7. The number of nitrogens with zero attached hydrogens (tertiary/aromatic N) is 4. The molecule has 0 bridgehead atoms. The second-order valence-corrected chi connectivity index (χ2v) is 7.42. The molecule has 0 aliphatic carbocycles. The molecule has 2 aromatic heterocycles. The second-order valence-electron chi connectivity index (χ2n) is 6.10. The van der Waals surface area contributed by atoms with E-state index in [0.717, 1.165) is 54.9 Å². The number of benzene rings is 1. The van der Waals surface area contributed by atoms with Crippen molar-refractivity contribution in [3.05, 3.63) is 46.2 Å². The van der Waals surface area contributed by atoms with Crippen LogP contribution < -0.4 is 10.6 Å². The van der Waals surface area contributed by atoms with E-state index in [4.69, 9.17) is 0 Å². The normalized spacial score (nSPS) is 11.9. The molecular formula is C19H26N6S. The molecular weight excluding hydrogens is 344 g/mol. The molecule has 0 aliphatic rings. The zero-order valence-corrected chi connectivity index (χ0v) is 16.4. The first-order valence-electron chi connectivity index (χ1n) is 9.02. The van der Waals surface area contributed by atoms with Crippen molar-refractivity contribution in [2.75, 3.05) is 19.6 Å². The SMILES string of the molecule is CCNC(=NCCc1ncc(C)s1)NCCn1c(C)nc2ccccc21. The molecule has 7 heteroatoms. The molecule has 26 heavy (non-hydrogen) atoms. The monoisotopic (exact) mass is 370 g/mol. The number of aliphatic imine (C=N–C) groups is 1. The minimum Gasteiger partial charge on any atom is -0.357 e. The van der Waals surface area contributed by atoms with Gasteiger partial charge in [0.15, 0.2) is 5.96 Å². The van der Waals surface area contributed by atoms with Crippen LogP contribution in [-0.2, 0) is 13.0 Å². The van der Waals surface area contributed by atoms with E-state index in [9.17, 15) is 0 Å². The Morgan fingerprint density at radius 2 is 2.08 bits per heavy atom. The van der Waals surface area contributed by atoms with E-state index < -0.39 is 0 Å². The highest BCUT2D eigenvalue weighted by Crippen LogP contribution is 2.14. The molecule has 138 valence electrons. The molecule has 0 fully saturated rings. The largest absolute Gasteiger partial charge is 0.357 e. The fraction of sp³-hybridized carbons (Fsp3) is 0.421. The number of hydrogen-bond acceptors (Lipinski definition) is 4. The highest BCUT2D eigenvalue weighted by Gasteiger charge is 2.06. The van der Waals surface area contributed by atoms with Crippen LogP contribution in [0.15, 0.2) is 35.5 Å². The van der Waals surface area contributed by atoms with Crippen molar-refractivity contribution >= 4 is 28.3 Å². The average molecular weight is 371 g/mol. The summed E-state index contributed by atoms with van der Waals surface area (Å²) in [6, 6.07) is 8.25. The third-order valence-electron chi connectivity index (χ3n) is 4.08. The molecule has 3 rings (SSSR count). The molecule has 0 saturated carbocycles. The first-order chi connectivity index (χ1) is 12.7. The summed E-state index contributed by atoms with van der Waals surface area (Å²) in [5, 5.41) is 7.86. The van der Waals surface area contributed by atoms with Crippen molar-refractivity contribution < 1.29 is 0 Å². The molecule has 0 spiro atoms. The number of thiazole rings is 1. The van der Waals surface area contributed by atoms with Crippen LogP contribution in [0.2, 0.25) is 0 Å². The summed E-state index contributed by atoms with van der Waals surface area (Å²) in [6.45, 7) is 9.43. The quantitative estimate of drug-likeness (QED) is 0.496. The molecule has 2 heterocycles. The number of aromatic nitrogens is 3. The van der Waals surface area contributed by atoms with Crippen molar-refractivity contribution in [2.45, 2.75) is 33.7 Å². The smallest absolute Gasteiger partial charge is 0.191 e. The van der Waals surface area contributed by atoms with Crippen molar-refractivity contribution in [1.82, 2.24) is 25.2 Å². The summed E-state index contributed by atoms with van der Waals surface area (Å²) in [6.07, 6.45) is 2.80. The Morgan fingerprint density at radius 1 is 1.23 bits per heavy atom. The van der Waals surface area contributed by atoms with Gasteiger partial charge in [-0.05, 0) is 32.9 Å². The highest BCUT2D eigenvalue weighted by atomic mass is 32.1. The molecule has 0 amide bonds. The zero-order valence-electron chi connectivity index (χ0n) is 15.6. The van der Waals surface area contributed by atoms with E-state index in [2.05, 4.69) is 69.1 Å². The Morgan fingerprint density at radius 3 is 2.85 bits per heavy atom. The fourth-order valence-electron chi connectivity index (χ4n) is 2.89. The van der Waals surface area contributed by atoms with Crippen LogP contribution >= 0.6 is 11.3 Å². The fourth-order valence-corrected chi connectivity index (χ4v) is 3.66. The summed E-state index contributed by atoms with van der Waals surface area (Å²) in [7, 11) is 0. The number of fused-ring (bicyclic) bond motifs is 1. The minimum atomic E-state index is 0.731. The molecule has 0 saturated heterocycles.